The van der Waals surface area contributed by atoms with Crippen molar-refractivity contribution in [2.45, 2.75) is 11.4 Å². The van der Waals surface area contributed by atoms with Crippen molar-refractivity contribution in [3.8, 4) is 17.2 Å². The van der Waals surface area contributed by atoms with Crippen molar-refractivity contribution in [3.63, 3.8) is 0 Å². The Balaban J connectivity index is 2.18. The van der Waals surface area contributed by atoms with Crippen molar-refractivity contribution in [3.05, 3.63) is 48.0 Å². The third kappa shape index (κ3) is 3.43. The first-order chi connectivity index (χ1) is 9.26. The van der Waals surface area contributed by atoms with Gasteiger partial charge in [-0.2, -0.15) is 0 Å². The largest absolute Gasteiger partial charge is 0.495 e. The molecule has 0 spiro atoms. The summed E-state index contributed by atoms with van der Waals surface area (Å²) in [4.78, 5) is 1.09. The van der Waals surface area contributed by atoms with E-state index < -0.39 is 0 Å². The molecule has 4 heteroatoms. The van der Waals surface area contributed by atoms with Gasteiger partial charge in [-0.1, -0.05) is 12.1 Å². The highest BCUT2D eigenvalue weighted by molar-refractivity contribution is 7.98. The van der Waals surface area contributed by atoms with Gasteiger partial charge in [0.15, 0.2) is 0 Å². The monoisotopic (exact) mass is 275 g/mol. The van der Waals surface area contributed by atoms with Crippen LogP contribution in [0.4, 0.5) is 0 Å². The van der Waals surface area contributed by atoms with Gasteiger partial charge in [0.1, 0.15) is 17.2 Å². The number of ether oxygens (including phenoxy) is 2. The number of hydrogen-bond donors (Lipinski definition) is 1. The highest BCUT2D eigenvalue weighted by Crippen LogP contribution is 2.33. The lowest BCUT2D eigenvalue weighted by molar-refractivity contribution is 0.399. The van der Waals surface area contributed by atoms with Gasteiger partial charge < -0.3 is 15.2 Å². The quantitative estimate of drug-likeness (QED) is 0.846. The fourth-order valence-electron chi connectivity index (χ4n) is 1.71. The second-order valence-electron chi connectivity index (χ2n) is 3.97. The highest BCUT2D eigenvalue weighted by atomic mass is 32.2. The van der Waals surface area contributed by atoms with Gasteiger partial charge in [-0.05, 0) is 36.1 Å². The van der Waals surface area contributed by atoms with E-state index in [4.69, 9.17) is 15.2 Å². The van der Waals surface area contributed by atoms with E-state index in [1.54, 1.807) is 18.9 Å². The second-order valence-corrected chi connectivity index (χ2v) is 4.82. The fraction of sp³-hybridized carbons (Fsp3) is 0.200. The van der Waals surface area contributed by atoms with E-state index in [2.05, 4.69) is 0 Å². The maximum absolute atomic E-state index is 5.79. The summed E-state index contributed by atoms with van der Waals surface area (Å²) < 4.78 is 11.1. The molecular weight excluding hydrogens is 258 g/mol. The van der Waals surface area contributed by atoms with E-state index in [-0.39, 0.29) is 0 Å². The Kier molecular flexibility index (Phi) is 4.71. The average Bonchev–Trinajstić information content (AvgIpc) is 2.48. The zero-order chi connectivity index (χ0) is 13.7. The molecule has 0 amide bonds. The molecule has 0 heterocycles. The molecule has 19 heavy (non-hydrogen) atoms. The van der Waals surface area contributed by atoms with Crippen molar-refractivity contribution < 1.29 is 9.47 Å². The smallest absolute Gasteiger partial charge is 0.136 e. The van der Waals surface area contributed by atoms with Gasteiger partial charge in [-0.25, -0.2) is 0 Å². The van der Waals surface area contributed by atoms with Gasteiger partial charge >= 0.3 is 0 Å². The number of rotatable bonds is 5. The lowest BCUT2D eigenvalue weighted by Crippen LogP contribution is -1.95. The van der Waals surface area contributed by atoms with E-state index in [0.717, 1.165) is 27.7 Å². The number of benzene rings is 2. The lowest BCUT2D eigenvalue weighted by atomic mass is 10.2. The van der Waals surface area contributed by atoms with Crippen LogP contribution in [0.3, 0.4) is 0 Å². The van der Waals surface area contributed by atoms with Crippen molar-refractivity contribution in [1.29, 1.82) is 0 Å². The molecular formula is C15H17NO2S. The van der Waals surface area contributed by atoms with Crippen LogP contribution in [0.2, 0.25) is 0 Å². The Morgan fingerprint density at radius 1 is 1.05 bits per heavy atom. The molecule has 0 aliphatic heterocycles. The van der Waals surface area contributed by atoms with Crippen LogP contribution in [0, 0.1) is 0 Å². The van der Waals surface area contributed by atoms with Gasteiger partial charge in [-0.3, -0.25) is 0 Å². The minimum absolute atomic E-state index is 0.538. The fourth-order valence-corrected chi connectivity index (χ4v) is 2.26. The van der Waals surface area contributed by atoms with E-state index >= 15 is 0 Å². The first-order valence-corrected chi connectivity index (χ1v) is 7.18. The Bertz CT molecular complexity index is 540. The zero-order valence-electron chi connectivity index (χ0n) is 11.1. The molecule has 0 saturated carbocycles. The van der Waals surface area contributed by atoms with Gasteiger partial charge in [0.2, 0.25) is 0 Å². The summed E-state index contributed by atoms with van der Waals surface area (Å²) in [5.74, 6) is 2.37. The summed E-state index contributed by atoms with van der Waals surface area (Å²) in [6.45, 7) is 0.538. The van der Waals surface area contributed by atoms with Crippen LogP contribution in [0.5, 0.6) is 17.2 Å². The standard InChI is InChI=1S/C15H17NO2S/c1-17-14-9-13(7-8-15(14)19-2)18-12-5-3-11(10-16)4-6-12/h3-9H,10,16H2,1-2H3. The van der Waals surface area contributed by atoms with Crippen molar-refractivity contribution in [2.24, 2.45) is 5.73 Å². The minimum Gasteiger partial charge on any atom is -0.495 e. The number of nitrogens with two attached hydrogens (primary N) is 1. The molecule has 0 radical (unpaired) electrons. The van der Waals surface area contributed by atoms with Crippen molar-refractivity contribution in [1.82, 2.24) is 0 Å². The lowest BCUT2D eigenvalue weighted by Gasteiger charge is -2.10. The van der Waals surface area contributed by atoms with E-state index in [1.807, 2.05) is 48.7 Å². The van der Waals surface area contributed by atoms with Crippen LogP contribution < -0.4 is 15.2 Å². The molecule has 2 aromatic rings. The van der Waals surface area contributed by atoms with Crippen molar-refractivity contribution >= 4 is 11.8 Å². The molecule has 0 aromatic heterocycles. The van der Waals surface area contributed by atoms with E-state index in [1.165, 1.54) is 0 Å². The molecule has 2 rings (SSSR count). The summed E-state index contributed by atoms with van der Waals surface area (Å²) in [7, 11) is 1.66. The summed E-state index contributed by atoms with van der Waals surface area (Å²) in [6, 6.07) is 13.6. The molecule has 2 aromatic carbocycles. The maximum atomic E-state index is 5.79. The van der Waals surface area contributed by atoms with Crippen LogP contribution >= 0.6 is 11.8 Å². The minimum atomic E-state index is 0.538. The first kappa shape index (κ1) is 13.8. The Morgan fingerprint density at radius 2 is 1.74 bits per heavy atom. The van der Waals surface area contributed by atoms with Crippen LogP contribution in [-0.2, 0) is 6.54 Å². The van der Waals surface area contributed by atoms with Gasteiger partial charge in [-0.15, -0.1) is 11.8 Å². The Labute approximate surface area is 117 Å². The maximum Gasteiger partial charge on any atom is 0.136 e. The molecule has 0 fully saturated rings. The number of thioether (sulfide) groups is 1. The third-order valence-electron chi connectivity index (χ3n) is 2.75. The topological polar surface area (TPSA) is 44.5 Å². The molecule has 100 valence electrons. The average molecular weight is 275 g/mol. The van der Waals surface area contributed by atoms with Crippen LogP contribution in [-0.4, -0.2) is 13.4 Å². The number of hydrogen-bond acceptors (Lipinski definition) is 4. The SMILES string of the molecule is COc1cc(Oc2ccc(CN)cc2)ccc1SC. The van der Waals surface area contributed by atoms with Gasteiger partial charge in [0.25, 0.3) is 0 Å². The summed E-state index contributed by atoms with van der Waals surface area (Å²) >= 11 is 1.65. The molecule has 0 unspecified atom stereocenters. The van der Waals surface area contributed by atoms with Crippen molar-refractivity contribution in [2.75, 3.05) is 13.4 Å². The normalized spacial score (nSPS) is 10.3. The van der Waals surface area contributed by atoms with Crippen LogP contribution in [0.15, 0.2) is 47.4 Å². The first-order valence-electron chi connectivity index (χ1n) is 5.95. The van der Waals surface area contributed by atoms with Crippen LogP contribution in [0.1, 0.15) is 5.56 Å². The Hall–Kier alpha value is -1.65. The van der Waals surface area contributed by atoms with Gasteiger partial charge in [0, 0.05) is 17.5 Å². The second kappa shape index (κ2) is 6.50. The molecule has 2 N–H and O–H groups in total. The summed E-state index contributed by atoms with van der Waals surface area (Å²) in [5, 5.41) is 0. The zero-order valence-corrected chi connectivity index (χ0v) is 11.9. The predicted octanol–water partition coefficient (Wildman–Crippen LogP) is 3.67. The third-order valence-corrected chi connectivity index (χ3v) is 3.53. The molecule has 0 bridgehead atoms. The molecule has 0 saturated heterocycles. The van der Waals surface area contributed by atoms with E-state index in [0.29, 0.717) is 6.54 Å². The van der Waals surface area contributed by atoms with Crippen LogP contribution in [0.25, 0.3) is 0 Å². The van der Waals surface area contributed by atoms with E-state index in [9.17, 15) is 0 Å². The van der Waals surface area contributed by atoms with Gasteiger partial charge in [0.05, 0.1) is 7.11 Å². The molecule has 0 aliphatic carbocycles. The molecule has 0 aliphatic rings. The molecule has 3 nitrogen and oxygen atoms in total. The predicted molar refractivity (Wildman–Crippen MR) is 79.2 cm³/mol. The summed E-state index contributed by atoms with van der Waals surface area (Å²) in [5.41, 5.74) is 6.65. The number of methoxy groups -OCH3 is 1. The Morgan fingerprint density at radius 3 is 2.32 bits per heavy atom. The summed E-state index contributed by atoms with van der Waals surface area (Å²) in [6.07, 6.45) is 2.02. The highest BCUT2D eigenvalue weighted by Gasteiger charge is 2.05. The molecule has 0 atom stereocenters.